The van der Waals surface area contributed by atoms with Crippen molar-refractivity contribution in [2.45, 2.75) is 6.10 Å². The van der Waals surface area contributed by atoms with Gasteiger partial charge in [-0.2, -0.15) is 0 Å². The van der Waals surface area contributed by atoms with Gasteiger partial charge < -0.3 is 14.7 Å². The summed E-state index contributed by atoms with van der Waals surface area (Å²) in [6.07, 6.45) is 0.504. The van der Waals surface area contributed by atoms with Crippen molar-refractivity contribution < 1.29 is 14.6 Å². The van der Waals surface area contributed by atoms with Crippen molar-refractivity contribution in [2.75, 3.05) is 31.2 Å². The molecule has 1 aromatic heterocycles. The molecule has 5 nitrogen and oxygen atoms in total. The Labute approximate surface area is 102 Å². The molecule has 2 rings (SSSR count). The maximum atomic E-state index is 10.6. The molecule has 0 radical (unpaired) electrons. The van der Waals surface area contributed by atoms with Crippen LogP contribution < -0.4 is 4.90 Å². The lowest BCUT2D eigenvalue weighted by Gasteiger charge is -2.31. The lowest BCUT2D eigenvalue weighted by atomic mass is 10.3. The quantitative estimate of drug-likeness (QED) is 0.817. The van der Waals surface area contributed by atoms with Gasteiger partial charge in [0.05, 0.1) is 19.3 Å². The Bertz CT molecular complexity index is 385. The minimum atomic E-state index is -0.198. The van der Waals surface area contributed by atoms with Crippen LogP contribution in [0.3, 0.4) is 0 Å². The predicted octanol–water partition coefficient (Wildman–Crippen LogP) is 0.806. The van der Waals surface area contributed by atoms with E-state index in [1.54, 1.807) is 0 Å². The van der Waals surface area contributed by atoms with E-state index in [0.29, 0.717) is 36.0 Å². The number of anilines is 1. The van der Waals surface area contributed by atoms with E-state index in [4.69, 9.17) is 21.4 Å². The number of hydrogen-bond donors (Lipinski definition) is 1. The van der Waals surface area contributed by atoms with Crippen LogP contribution in [0.2, 0.25) is 5.15 Å². The second-order valence-corrected chi connectivity index (χ2v) is 4.76. The van der Waals surface area contributed by atoms with Crippen molar-refractivity contribution in [2.24, 2.45) is 0 Å². The van der Waals surface area contributed by atoms with Crippen LogP contribution in [0.5, 0.6) is 0 Å². The Morgan fingerprint density at radius 2 is 2.56 bits per heavy atom. The molecule has 0 bridgehead atoms. The molecule has 0 spiro atoms. The van der Waals surface area contributed by atoms with Gasteiger partial charge in [0, 0.05) is 13.1 Å². The van der Waals surface area contributed by atoms with Crippen LogP contribution in [-0.2, 0) is 4.74 Å². The van der Waals surface area contributed by atoms with E-state index >= 15 is 0 Å². The van der Waals surface area contributed by atoms with Crippen LogP contribution in [0.1, 0.15) is 9.67 Å². The van der Waals surface area contributed by atoms with E-state index in [0.717, 1.165) is 0 Å². The van der Waals surface area contributed by atoms with Crippen molar-refractivity contribution in [1.29, 1.82) is 0 Å². The number of aromatic nitrogens is 1. The largest absolute Gasteiger partial charge is 0.394 e. The number of halogens is 1. The summed E-state index contributed by atoms with van der Waals surface area (Å²) in [4.78, 5) is 17.2. The number of aldehydes is 1. The highest BCUT2D eigenvalue weighted by molar-refractivity contribution is 7.17. The van der Waals surface area contributed by atoms with Crippen LogP contribution in [0.4, 0.5) is 5.13 Å². The fraction of sp³-hybridized carbons (Fsp3) is 0.556. The predicted molar refractivity (Wildman–Crippen MR) is 61.6 cm³/mol. The average molecular weight is 263 g/mol. The number of nitrogens with zero attached hydrogens (tertiary/aromatic N) is 2. The number of hydrogen-bond acceptors (Lipinski definition) is 6. The van der Waals surface area contributed by atoms with E-state index < -0.39 is 0 Å². The first-order valence-electron chi connectivity index (χ1n) is 4.83. The maximum absolute atomic E-state index is 10.6. The normalized spacial score (nSPS) is 21.1. The topological polar surface area (TPSA) is 62.7 Å². The van der Waals surface area contributed by atoms with Gasteiger partial charge in [0.15, 0.2) is 16.6 Å². The Morgan fingerprint density at radius 1 is 1.75 bits per heavy atom. The van der Waals surface area contributed by atoms with Gasteiger partial charge in [0.25, 0.3) is 0 Å². The zero-order valence-electron chi connectivity index (χ0n) is 8.43. The fourth-order valence-electron chi connectivity index (χ4n) is 1.51. The van der Waals surface area contributed by atoms with Crippen molar-refractivity contribution >= 4 is 34.4 Å². The number of thiazole rings is 1. The molecule has 88 valence electrons. The average Bonchev–Trinajstić information content (AvgIpc) is 2.71. The van der Waals surface area contributed by atoms with Crippen LogP contribution in [-0.4, -0.2) is 48.8 Å². The van der Waals surface area contributed by atoms with Gasteiger partial charge in [-0.25, -0.2) is 4.98 Å². The third-order valence-electron chi connectivity index (χ3n) is 2.32. The standard InChI is InChI=1S/C9H11ClN2O3S/c10-8-7(5-14)16-9(11-8)12-1-2-15-6(3-12)4-13/h5-6,13H,1-4H2. The van der Waals surface area contributed by atoms with Gasteiger partial charge in [-0.3, -0.25) is 4.79 Å². The first kappa shape index (κ1) is 11.8. The van der Waals surface area contributed by atoms with E-state index in [9.17, 15) is 4.79 Å². The van der Waals surface area contributed by atoms with E-state index in [-0.39, 0.29) is 17.9 Å². The lowest BCUT2D eigenvalue weighted by molar-refractivity contribution is 0.00356. The summed E-state index contributed by atoms with van der Waals surface area (Å²) in [6.45, 7) is 1.78. The molecular formula is C9H11ClN2O3S. The molecule has 1 aliphatic rings. The number of carbonyl (C=O) groups excluding carboxylic acids is 1. The van der Waals surface area contributed by atoms with Crippen LogP contribution in [0.25, 0.3) is 0 Å². The Balaban J connectivity index is 2.13. The molecule has 7 heteroatoms. The van der Waals surface area contributed by atoms with Gasteiger partial charge in [0.2, 0.25) is 0 Å². The van der Waals surface area contributed by atoms with E-state index in [1.807, 2.05) is 4.90 Å². The summed E-state index contributed by atoms with van der Waals surface area (Å²) in [6, 6.07) is 0. The molecule has 0 saturated carbocycles. The molecule has 2 heterocycles. The number of morpholine rings is 1. The molecule has 1 unspecified atom stereocenters. The van der Waals surface area contributed by atoms with Crippen molar-refractivity contribution in [1.82, 2.24) is 4.98 Å². The first-order valence-corrected chi connectivity index (χ1v) is 6.03. The molecule has 1 aliphatic heterocycles. The molecule has 0 aromatic carbocycles. The summed E-state index contributed by atoms with van der Waals surface area (Å²) < 4.78 is 5.32. The molecule has 1 atom stereocenters. The Kier molecular flexibility index (Phi) is 3.75. The van der Waals surface area contributed by atoms with Crippen molar-refractivity contribution in [3.05, 3.63) is 10.0 Å². The minimum absolute atomic E-state index is 0.0177. The number of rotatable bonds is 3. The molecule has 1 fully saturated rings. The number of aliphatic hydroxyl groups excluding tert-OH is 1. The molecule has 16 heavy (non-hydrogen) atoms. The summed E-state index contributed by atoms with van der Waals surface area (Å²) in [5.41, 5.74) is 0. The van der Waals surface area contributed by atoms with Gasteiger partial charge in [-0.1, -0.05) is 22.9 Å². The lowest BCUT2D eigenvalue weighted by Crippen LogP contribution is -2.44. The second-order valence-electron chi connectivity index (χ2n) is 3.39. The zero-order chi connectivity index (χ0) is 11.5. The zero-order valence-corrected chi connectivity index (χ0v) is 10.00. The first-order chi connectivity index (χ1) is 7.74. The monoisotopic (exact) mass is 262 g/mol. The van der Waals surface area contributed by atoms with Crippen LogP contribution in [0.15, 0.2) is 0 Å². The van der Waals surface area contributed by atoms with Gasteiger partial charge in [-0.15, -0.1) is 0 Å². The maximum Gasteiger partial charge on any atom is 0.187 e. The summed E-state index contributed by atoms with van der Waals surface area (Å²) in [7, 11) is 0. The number of ether oxygens (including phenoxy) is 1. The smallest absolute Gasteiger partial charge is 0.187 e. The third-order valence-corrected chi connectivity index (χ3v) is 3.76. The highest BCUT2D eigenvalue weighted by Crippen LogP contribution is 2.29. The molecule has 1 saturated heterocycles. The summed E-state index contributed by atoms with van der Waals surface area (Å²) in [5, 5.41) is 9.95. The van der Waals surface area contributed by atoms with Gasteiger partial charge in [0.1, 0.15) is 4.88 Å². The molecular weight excluding hydrogens is 252 g/mol. The number of aliphatic hydroxyl groups is 1. The molecule has 0 amide bonds. The second kappa shape index (κ2) is 5.09. The third kappa shape index (κ3) is 2.35. The fourth-order valence-corrected chi connectivity index (χ4v) is 2.61. The SMILES string of the molecule is O=Cc1sc(N2CCOC(CO)C2)nc1Cl. The molecule has 1 aromatic rings. The Morgan fingerprint density at radius 3 is 3.19 bits per heavy atom. The minimum Gasteiger partial charge on any atom is -0.394 e. The summed E-state index contributed by atoms with van der Waals surface area (Å²) in [5.74, 6) is 0. The van der Waals surface area contributed by atoms with E-state index in [1.165, 1.54) is 11.3 Å². The molecule has 0 aliphatic carbocycles. The summed E-state index contributed by atoms with van der Waals surface area (Å²) >= 11 is 7.05. The van der Waals surface area contributed by atoms with Crippen molar-refractivity contribution in [3.8, 4) is 0 Å². The number of carbonyl (C=O) groups is 1. The van der Waals surface area contributed by atoms with Crippen LogP contribution >= 0.6 is 22.9 Å². The van der Waals surface area contributed by atoms with E-state index in [2.05, 4.69) is 4.98 Å². The van der Waals surface area contributed by atoms with Gasteiger partial charge >= 0.3 is 0 Å². The van der Waals surface area contributed by atoms with Crippen LogP contribution in [0, 0.1) is 0 Å². The Hall–Kier alpha value is -0.690. The van der Waals surface area contributed by atoms with Gasteiger partial charge in [-0.05, 0) is 0 Å². The highest BCUT2D eigenvalue weighted by atomic mass is 35.5. The molecule has 1 N–H and O–H groups in total. The van der Waals surface area contributed by atoms with Crippen molar-refractivity contribution in [3.63, 3.8) is 0 Å². The highest BCUT2D eigenvalue weighted by Gasteiger charge is 2.23.